The normalized spacial score (nSPS) is 26.7. The third-order valence-corrected chi connectivity index (χ3v) is 7.26. The molecule has 1 aliphatic carbocycles. The van der Waals surface area contributed by atoms with Gasteiger partial charge in [-0.2, -0.15) is 4.98 Å². The lowest BCUT2D eigenvalue weighted by molar-refractivity contribution is 0.0555. The Hall–Kier alpha value is -2.11. The molecule has 2 N–H and O–H groups in total. The molecule has 0 radical (unpaired) electrons. The van der Waals surface area contributed by atoms with Crippen LogP contribution in [0.3, 0.4) is 0 Å². The molecule has 3 heterocycles. The van der Waals surface area contributed by atoms with Crippen LogP contribution in [0.2, 0.25) is 0 Å². The number of hydrogen-bond donors (Lipinski definition) is 2. The highest BCUT2D eigenvalue weighted by molar-refractivity contribution is 7.88. The van der Waals surface area contributed by atoms with Crippen LogP contribution in [0.15, 0.2) is 23.1 Å². The zero-order chi connectivity index (χ0) is 21.5. The molecule has 30 heavy (non-hydrogen) atoms. The molecule has 2 fully saturated rings. The van der Waals surface area contributed by atoms with Gasteiger partial charge in [0, 0.05) is 36.8 Å². The first kappa shape index (κ1) is 21.1. The van der Waals surface area contributed by atoms with Crippen molar-refractivity contribution in [2.24, 2.45) is 0 Å². The van der Waals surface area contributed by atoms with Crippen LogP contribution in [0.1, 0.15) is 38.1 Å². The standard InChI is InChI=1S/C19H26FN5O4S/c1-30(28,29)24-8-6-13(7-9-24)22-19-21-11-12-2-5-17(27)25(18(12)23-19)16-10-14(26)3-4-15(16)20/h2,5,11,13-16,26H,3-4,6-10H2,1H3,(H,21,22,23)/t14-,15+,16+/m1/s1. The number of pyridine rings is 1. The molecule has 2 aliphatic rings. The van der Waals surface area contributed by atoms with Gasteiger partial charge in [0.05, 0.1) is 18.4 Å². The molecule has 11 heteroatoms. The highest BCUT2D eigenvalue weighted by Gasteiger charge is 2.33. The van der Waals surface area contributed by atoms with Crippen molar-refractivity contribution in [3.05, 3.63) is 28.7 Å². The monoisotopic (exact) mass is 439 g/mol. The molecule has 0 unspecified atom stereocenters. The van der Waals surface area contributed by atoms with Crippen molar-refractivity contribution in [1.29, 1.82) is 0 Å². The van der Waals surface area contributed by atoms with Gasteiger partial charge in [-0.1, -0.05) is 0 Å². The molecule has 1 saturated heterocycles. The number of rotatable bonds is 4. The summed E-state index contributed by atoms with van der Waals surface area (Å²) < 4.78 is 40.8. The largest absolute Gasteiger partial charge is 0.393 e. The first-order valence-electron chi connectivity index (χ1n) is 10.1. The average Bonchev–Trinajstić information content (AvgIpc) is 2.70. The topological polar surface area (TPSA) is 117 Å². The molecule has 3 atom stereocenters. The Kier molecular flexibility index (Phi) is 5.78. The van der Waals surface area contributed by atoms with E-state index >= 15 is 0 Å². The van der Waals surface area contributed by atoms with Gasteiger partial charge in [-0.25, -0.2) is 22.1 Å². The van der Waals surface area contributed by atoms with Gasteiger partial charge in [0.2, 0.25) is 16.0 Å². The zero-order valence-electron chi connectivity index (χ0n) is 16.7. The number of aromatic nitrogens is 3. The Morgan fingerprint density at radius 1 is 1.20 bits per heavy atom. The minimum Gasteiger partial charge on any atom is -0.393 e. The Bertz CT molecular complexity index is 1080. The third kappa shape index (κ3) is 4.33. The lowest BCUT2D eigenvalue weighted by Gasteiger charge is -2.32. The molecule has 164 valence electrons. The number of nitrogens with zero attached hydrogens (tertiary/aromatic N) is 4. The maximum atomic E-state index is 14.6. The van der Waals surface area contributed by atoms with E-state index in [1.165, 1.54) is 21.2 Å². The predicted molar refractivity (Wildman–Crippen MR) is 111 cm³/mol. The van der Waals surface area contributed by atoms with Gasteiger partial charge in [-0.15, -0.1) is 0 Å². The Labute approximate surface area is 174 Å². The molecule has 0 bridgehead atoms. The van der Waals surface area contributed by atoms with E-state index in [-0.39, 0.29) is 24.4 Å². The van der Waals surface area contributed by atoms with E-state index in [2.05, 4.69) is 15.3 Å². The van der Waals surface area contributed by atoms with E-state index < -0.39 is 28.3 Å². The Morgan fingerprint density at radius 2 is 1.93 bits per heavy atom. The van der Waals surface area contributed by atoms with Crippen LogP contribution < -0.4 is 10.9 Å². The van der Waals surface area contributed by atoms with Crippen LogP contribution in [0.4, 0.5) is 10.3 Å². The molecule has 0 spiro atoms. The minimum atomic E-state index is -3.20. The number of piperidine rings is 1. The van der Waals surface area contributed by atoms with E-state index in [4.69, 9.17) is 0 Å². The summed E-state index contributed by atoms with van der Waals surface area (Å²) >= 11 is 0. The maximum Gasteiger partial charge on any atom is 0.252 e. The summed E-state index contributed by atoms with van der Waals surface area (Å²) in [5.74, 6) is 0.312. The van der Waals surface area contributed by atoms with Crippen molar-refractivity contribution in [2.45, 2.75) is 56.5 Å². The SMILES string of the molecule is CS(=O)(=O)N1CCC(Nc2ncc3ccc(=O)n([C@H]4C[C@H](O)CC[C@@H]4F)c3n2)CC1. The fraction of sp³-hybridized carbons (Fsp3) is 0.632. The lowest BCUT2D eigenvalue weighted by atomic mass is 9.91. The van der Waals surface area contributed by atoms with Crippen LogP contribution in [0.25, 0.3) is 11.0 Å². The number of aliphatic hydroxyl groups excluding tert-OH is 1. The van der Waals surface area contributed by atoms with Crippen molar-refractivity contribution < 1.29 is 17.9 Å². The van der Waals surface area contributed by atoms with Gasteiger partial charge in [-0.3, -0.25) is 9.36 Å². The molecule has 9 nitrogen and oxygen atoms in total. The van der Waals surface area contributed by atoms with Crippen LogP contribution in [0, 0.1) is 0 Å². The molecule has 2 aromatic heterocycles. The van der Waals surface area contributed by atoms with Gasteiger partial charge in [-0.05, 0) is 38.2 Å². The van der Waals surface area contributed by atoms with E-state index in [1.54, 1.807) is 12.3 Å². The fourth-order valence-corrected chi connectivity index (χ4v) is 5.17. The average molecular weight is 440 g/mol. The number of hydrogen-bond acceptors (Lipinski definition) is 7. The molecule has 1 saturated carbocycles. The van der Waals surface area contributed by atoms with Crippen LogP contribution >= 0.6 is 0 Å². The van der Waals surface area contributed by atoms with Crippen molar-refractivity contribution >= 4 is 27.0 Å². The number of halogens is 1. The molecule has 0 amide bonds. The molecule has 1 aliphatic heterocycles. The first-order valence-corrected chi connectivity index (χ1v) is 12.0. The third-order valence-electron chi connectivity index (χ3n) is 5.96. The summed E-state index contributed by atoms with van der Waals surface area (Å²) in [6, 6.07) is 2.20. The lowest BCUT2D eigenvalue weighted by Crippen LogP contribution is -2.42. The second-order valence-corrected chi connectivity index (χ2v) is 10.1. The number of alkyl halides is 1. The van der Waals surface area contributed by atoms with Crippen molar-refractivity contribution in [2.75, 3.05) is 24.7 Å². The van der Waals surface area contributed by atoms with Crippen LogP contribution in [-0.4, -0.2) is 70.0 Å². The summed E-state index contributed by atoms with van der Waals surface area (Å²) in [6.45, 7) is 0.830. The van der Waals surface area contributed by atoms with Gasteiger partial charge < -0.3 is 10.4 Å². The Morgan fingerprint density at radius 3 is 2.63 bits per heavy atom. The quantitative estimate of drug-likeness (QED) is 0.731. The number of aliphatic hydroxyl groups is 1. The molecule has 0 aromatic carbocycles. The minimum absolute atomic E-state index is 0.00485. The number of anilines is 1. The number of fused-ring (bicyclic) bond motifs is 1. The second-order valence-electron chi connectivity index (χ2n) is 8.14. The molecular formula is C19H26FN5O4S. The van der Waals surface area contributed by atoms with E-state index in [0.717, 1.165) is 0 Å². The van der Waals surface area contributed by atoms with Gasteiger partial charge in [0.1, 0.15) is 11.8 Å². The summed E-state index contributed by atoms with van der Waals surface area (Å²) in [5.41, 5.74) is -0.0364. The van der Waals surface area contributed by atoms with E-state index in [1.807, 2.05) is 0 Å². The summed E-state index contributed by atoms with van der Waals surface area (Å²) in [4.78, 5) is 21.4. The summed E-state index contributed by atoms with van der Waals surface area (Å²) in [6.07, 6.45) is 2.86. The second kappa shape index (κ2) is 8.20. The Balaban J connectivity index is 1.60. The first-order chi connectivity index (χ1) is 14.2. The molecule has 4 rings (SSSR count). The van der Waals surface area contributed by atoms with Crippen LogP contribution in [0.5, 0.6) is 0 Å². The van der Waals surface area contributed by atoms with Gasteiger partial charge >= 0.3 is 0 Å². The van der Waals surface area contributed by atoms with Crippen molar-refractivity contribution in [1.82, 2.24) is 18.8 Å². The summed E-state index contributed by atoms with van der Waals surface area (Å²) in [5, 5.41) is 13.8. The smallest absolute Gasteiger partial charge is 0.252 e. The summed E-state index contributed by atoms with van der Waals surface area (Å²) in [7, 11) is -3.20. The van der Waals surface area contributed by atoms with Gasteiger partial charge in [0.15, 0.2) is 0 Å². The molecule has 2 aromatic rings. The maximum absolute atomic E-state index is 14.6. The van der Waals surface area contributed by atoms with E-state index in [0.29, 0.717) is 49.3 Å². The van der Waals surface area contributed by atoms with E-state index in [9.17, 15) is 22.7 Å². The zero-order valence-corrected chi connectivity index (χ0v) is 17.6. The van der Waals surface area contributed by atoms with Crippen LogP contribution in [-0.2, 0) is 10.0 Å². The molecular weight excluding hydrogens is 413 g/mol. The van der Waals surface area contributed by atoms with Gasteiger partial charge in [0.25, 0.3) is 5.56 Å². The van der Waals surface area contributed by atoms with Crippen molar-refractivity contribution in [3.8, 4) is 0 Å². The highest BCUT2D eigenvalue weighted by atomic mass is 32.2. The predicted octanol–water partition coefficient (Wildman–Crippen LogP) is 1.05. The highest BCUT2D eigenvalue weighted by Crippen LogP contribution is 2.32. The van der Waals surface area contributed by atoms with Crippen molar-refractivity contribution in [3.63, 3.8) is 0 Å². The number of sulfonamides is 1. The fourth-order valence-electron chi connectivity index (χ4n) is 4.30. The number of nitrogens with one attached hydrogen (secondary N) is 1.